The van der Waals surface area contributed by atoms with E-state index in [0.29, 0.717) is 6.04 Å². The smallest absolute Gasteiger partial charge is 0.0323 e. The Balaban J connectivity index is 2.38. The van der Waals surface area contributed by atoms with Crippen LogP contribution in [0.1, 0.15) is 35.6 Å². The average Bonchev–Trinajstić information content (AvgIpc) is 2.67. The van der Waals surface area contributed by atoms with Gasteiger partial charge in [0.15, 0.2) is 0 Å². The number of rotatable bonds is 1. The lowest BCUT2D eigenvalue weighted by Crippen LogP contribution is -2.14. The van der Waals surface area contributed by atoms with Gasteiger partial charge in [0.2, 0.25) is 0 Å². The van der Waals surface area contributed by atoms with Crippen molar-refractivity contribution in [2.45, 2.75) is 32.7 Å². The predicted octanol–water partition coefficient (Wildman–Crippen LogP) is 3.49. The highest BCUT2D eigenvalue weighted by molar-refractivity contribution is 9.10. The minimum absolute atomic E-state index is 0.585. The molecule has 14 heavy (non-hydrogen) atoms. The first-order valence-corrected chi connectivity index (χ1v) is 5.98. The second kappa shape index (κ2) is 4.03. The Morgan fingerprint density at radius 1 is 1.29 bits per heavy atom. The van der Waals surface area contributed by atoms with Gasteiger partial charge in [-0.25, -0.2) is 0 Å². The van der Waals surface area contributed by atoms with Gasteiger partial charge in [0.1, 0.15) is 0 Å². The number of hydrogen-bond donors (Lipinski definition) is 1. The third-order valence-electron chi connectivity index (χ3n) is 3.20. The van der Waals surface area contributed by atoms with Crippen LogP contribution in [0.15, 0.2) is 16.6 Å². The maximum atomic E-state index is 3.57. The van der Waals surface area contributed by atoms with E-state index in [2.05, 4.69) is 47.2 Å². The number of hydrogen-bond acceptors (Lipinski definition) is 1. The van der Waals surface area contributed by atoms with E-state index >= 15 is 0 Å². The van der Waals surface area contributed by atoms with E-state index in [0.717, 1.165) is 0 Å². The van der Waals surface area contributed by atoms with Crippen LogP contribution in [-0.2, 0) is 0 Å². The van der Waals surface area contributed by atoms with E-state index in [9.17, 15) is 0 Å². The van der Waals surface area contributed by atoms with Crippen LogP contribution in [0.3, 0.4) is 0 Å². The Labute approximate surface area is 94.0 Å². The molecule has 1 nitrogen and oxygen atoms in total. The van der Waals surface area contributed by atoms with Crippen LogP contribution in [0.2, 0.25) is 0 Å². The maximum Gasteiger partial charge on any atom is 0.0323 e. The third kappa shape index (κ3) is 1.73. The summed E-state index contributed by atoms with van der Waals surface area (Å²) in [5.41, 5.74) is 4.28. The fourth-order valence-electron chi connectivity index (χ4n) is 2.14. The zero-order valence-corrected chi connectivity index (χ0v) is 10.3. The molecule has 0 saturated carbocycles. The van der Waals surface area contributed by atoms with Crippen LogP contribution in [0.4, 0.5) is 0 Å². The maximum absolute atomic E-state index is 3.57. The van der Waals surface area contributed by atoms with E-state index in [4.69, 9.17) is 0 Å². The van der Waals surface area contributed by atoms with Gasteiger partial charge in [-0.05, 0) is 56.0 Å². The Hall–Kier alpha value is -0.340. The predicted molar refractivity (Wildman–Crippen MR) is 63.6 cm³/mol. The summed E-state index contributed by atoms with van der Waals surface area (Å²) in [6.45, 7) is 5.56. The number of nitrogens with one attached hydrogen (secondary N) is 1. The fraction of sp³-hybridized carbons (Fsp3) is 0.500. The van der Waals surface area contributed by atoms with Crippen molar-refractivity contribution in [3.63, 3.8) is 0 Å². The highest BCUT2D eigenvalue weighted by atomic mass is 79.9. The molecule has 0 bridgehead atoms. The molecule has 1 aliphatic heterocycles. The molecule has 0 radical (unpaired) electrons. The van der Waals surface area contributed by atoms with Crippen molar-refractivity contribution in [2.24, 2.45) is 0 Å². The zero-order valence-electron chi connectivity index (χ0n) is 8.73. The van der Waals surface area contributed by atoms with E-state index < -0.39 is 0 Å². The van der Waals surface area contributed by atoms with Crippen LogP contribution in [0.25, 0.3) is 0 Å². The van der Waals surface area contributed by atoms with E-state index in [1.165, 1.54) is 40.5 Å². The molecule has 0 aromatic heterocycles. The number of halogens is 1. The van der Waals surface area contributed by atoms with Crippen molar-refractivity contribution in [3.8, 4) is 0 Å². The molecule has 0 amide bonds. The van der Waals surface area contributed by atoms with Crippen LogP contribution in [0, 0.1) is 13.8 Å². The second-order valence-corrected chi connectivity index (χ2v) is 4.89. The molecule has 1 atom stereocenters. The van der Waals surface area contributed by atoms with Gasteiger partial charge in [-0.3, -0.25) is 0 Å². The fourth-order valence-corrected chi connectivity index (χ4v) is 2.57. The topological polar surface area (TPSA) is 12.0 Å². The third-order valence-corrected chi connectivity index (χ3v) is 4.06. The molecule has 1 saturated heterocycles. The summed E-state index contributed by atoms with van der Waals surface area (Å²) >= 11 is 3.57. The van der Waals surface area contributed by atoms with Crippen molar-refractivity contribution in [1.29, 1.82) is 0 Å². The molecule has 1 heterocycles. The average molecular weight is 254 g/mol. The first-order chi connectivity index (χ1) is 6.70. The van der Waals surface area contributed by atoms with Gasteiger partial charge in [0.05, 0.1) is 0 Å². The minimum Gasteiger partial charge on any atom is -0.310 e. The van der Waals surface area contributed by atoms with Gasteiger partial charge in [-0.2, -0.15) is 0 Å². The molecule has 2 heteroatoms. The quantitative estimate of drug-likeness (QED) is 0.808. The Morgan fingerprint density at radius 2 is 2.07 bits per heavy atom. The Kier molecular flexibility index (Phi) is 2.93. The van der Waals surface area contributed by atoms with Gasteiger partial charge in [-0.15, -0.1) is 0 Å². The molecule has 0 spiro atoms. The lowest BCUT2D eigenvalue weighted by atomic mass is 9.97. The first kappa shape index (κ1) is 10.2. The normalized spacial score (nSPS) is 21.5. The van der Waals surface area contributed by atoms with Gasteiger partial charge < -0.3 is 5.32 Å². The van der Waals surface area contributed by atoms with Crippen molar-refractivity contribution in [1.82, 2.24) is 5.32 Å². The molecular formula is C12H16BrN. The summed E-state index contributed by atoms with van der Waals surface area (Å²) in [4.78, 5) is 0. The monoisotopic (exact) mass is 253 g/mol. The summed E-state index contributed by atoms with van der Waals surface area (Å²) in [7, 11) is 0. The summed E-state index contributed by atoms with van der Waals surface area (Å²) in [5, 5.41) is 3.55. The van der Waals surface area contributed by atoms with Gasteiger partial charge in [-0.1, -0.05) is 22.0 Å². The molecule has 1 N–H and O–H groups in total. The summed E-state index contributed by atoms with van der Waals surface area (Å²) in [5.74, 6) is 0. The highest BCUT2D eigenvalue weighted by Crippen LogP contribution is 2.30. The van der Waals surface area contributed by atoms with E-state index in [1.807, 2.05) is 0 Å². The van der Waals surface area contributed by atoms with Crippen LogP contribution in [-0.4, -0.2) is 6.54 Å². The molecule has 76 valence electrons. The van der Waals surface area contributed by atoms with Crippen molar-refractivity contribution < 1.29 is 0 Å². The summed E-state index contributed by atoms with van der Waals surface area (Å²) in [6, 6.07) is 4.99. The van der Waals surface area contributed by atoms with Crippen molar-refractivity contribution in [2.75, 3.05) is 6.54 Å². The number of benzene rings is 1. The molecule has 1 fully saturated rings. The second-order valence-electron chi connectivity index (χ2n) is 4.04. The summed E-state index contributed by atoms with van der Waals surface area (Å²) < 4.78 is 1.22. The minimum atomic E-state index is 0.585. The molecule has 1 unspecified atom stereocenters. The lowest BCUT2D eigenvalue weighted by molar-refractivity contribution is 0.643. The van der Waals surface area contributed by atoms with Gasteiger partial charge in [0, 0.05) is 10.5 Å². The Bertz CT molecular complexity index is 340. The molecule has 0 aliphatic carbocycles. The standard InChI is InChI=1S/C12H16BrN/c1-8-9(2)11(13)6-5-10(8)12-4-3-7-14-12/h5-6,12,14H,3-4,7H2,1-2H3. The van der Waals surface area contributed by atoms with Crippen molar-refractivity contribution in [3.05, 3.63) is 33.3 Å². The van der Waals surface area contributed by atoms with Gasteiger partial charge >= 0.3 is 0 Å². The summed E-state index contributed by atoms with van der Waals surface area (Å²) in [6.07, 6.45) is 2.58. The van der Waals surface area contributed by atoms with Gasteiger partial charge in [0.25, 0.3) is 0 Å². The van der Waals surface area contributed by atoms with E-state index in [-0.39, 0.29) is 0 Å². The van der Waals surface area contributed by atoms with Crippen LogP contribution in [0.5, 0.6) is 0 Å². The SMILES string of the molecule is Cc1c(Br)ccc(C2CCCN2)c1C. The molecule has 1 aliphatic rings. The highest BCUT2D eigenvalue weighted by Gasteiger charge is 2.18. The Morgan fingerprint density at radius 3 is 2.71 bits per heavy atom. The van der Waals surface area contributed by atoms with Crippen LogP contribution >= 0.6 is 15.9 Å². The lowest BCUT2D eigenvalue weighted by Gasteiger charge is -2.16. The van der Waals surface area contributed by atoms with E-state index in [1.54, 1.807) is 0 Å². The molecule has 1 aromatic carbocycles. The molecule has 2 rings (SSSR count). The molecular weight excluding hydrogens is 238 g/mol. The van der Waals surface area contributed by atoms with Crippen molar-refractivity contribution >= 4 is 15.9 Å². The first-order valence-electron chi connectivity index (χ1n) is 5.19. The largest absolute Gasteiger partial charge is 0.310 e. The van der Waals surface area contributed by atoms with Crippen LogP contribution < -0.4 is 5.32 Å². The zero-order chi connectivity index (χ0) is 10.1. The molecule has 1 aromatic rings.